The van der Waals surface area contributed by atoms with Gasteiger partial charge in [0.1, 0.15) is 0 Å². The molecule has 0 aromatic carbocycles. The van der Waals surface area contributed by atoms with Crippen molar-refractivity contribution in [3.05, 3.63) is 24.3 Å². The fourth-order valence-corrected chi connectivity index (χ4v) is 6.22. The average molecular weight is 198 g/mol. The van der Waals surface area contributed by atoms with Gasteiger partial charge in [-0.3, -0.25) is 0 Å². The highest BCUT2D eigenvalue weighted by Gasteiger charge is 2.64. The van der Waals surface area contributed by atoms with Gasteiger partial charge in [0.25, 0.3) is 0 Å². The zero-order valence-electron chi connectivity index (χ0n) is 9.05. The molecule has 0 unspecified atom stereocenters. The van der Waals surface area contributed by atoms with Crippen molar-refractivity contribution in [1.29, 1.82) is 0 Å². The van der Waals surface area contributed by atoms with Crippen LogP contribution < -0.4 is 0 Å². The summed E-state index contributed by atoms with van der Waals surface area (Å²) in [4.78, 5) is 0. The zero-order chi connectivity index (χ0) is 9.57. The molecule has 15 heavy (non-hydrogen) atoms. The molecule has 0 spiro atoms. The van der Waals surface area contributed by atoms with Gasteiger partial charge < -0.3 is 0 Å². The van der Waals surface area contributed by atoms with Crippen molar-refractivity contribution >= 4 is 0 Å². The van der Waals surface area contributed by atoms with Crippen LogP contribution in [0.5, 0.6) is 0 Å². The smallest absolute Gasteiger partial charge is 0.0168 e. The Hall–Kier alpha value is -0.520. The van der Waals surface area contributed by atoms with Gasteiger partial charge in [-0.15, -0.1) is 0 Å². The Morgan fingerprint density at radius 1 is 0.733 bits per heavy atom. The number of hydrogen-bond acceptors (Lipinski definition) is 0. The molecule has 5 aliphatic carbocycles. The molecule has 0 saturated heterocycles. The summed E-state index contributed by atoms with van der Waals surface area (Å²) >= 11 is 0. The minimum Gasteiger partial charge on any atom is -0.0879 e. The maximum Gasteiger partial charge on any atom is -0.0168 e. The first-order chi connectivity index (χ1) is 7.43. The van der Waals surface area contributed by atoms with Crippen molar-refractivity contribution in [1.82, 2.24) is 0 Å². The highest BCUT2D eigenvalue weighted by Crippen LogP contribution is 2.70. The highest BCUT2D eigenvalue weighted by atomic mass is 14.7. The summed E-state index contributed by atoms with van der Waals surface area (Å²) in [5.41, 5.74) is 0. The first-order valence-corrected chi connectivity index (χ1v) is 6.78. The van der Waals surface area contributed by atoms with Crippen molar-refractivity contribution in [3.8, 4) is 0 Å². The van der Waals surface area contributed by atoms with Gasteiger partial charge in [0.15, 0.2) is 0 Å². The quantitative estimate of drug-likeness (QED) is 0.414. The third-order valence-electron chi connectivity index (χ3n) is 6.42. The molecule has 0 radical (unpaired) electrons. The molecule has 8 atom stereocenters. The Labute approximate surface area is 91.4 Å². The largest absolute Gasteiger partial charge is 0.0879 e. The van der Waals surface area contributed by atoms with E-state index < -0.39 is 0 Å². The van der Waals surface area contributed by atoms with Gasteiger partial charge in [-0.05, 0) is 66.6 Å². The summed E-state index contributed by atoms with van der Waals surface area (Å²) in [5, 5.41) is 0. The highest BCUT2D eigenvalue weighted by molar-refractivity contribution is 5.25. The van der Waals surface area contributed by atoms with Gasteiger partial charge in [-0.2, -0.15) is 0 Å². The first-order valence-electron chi connectivity index (χ1n) is 6.78. The first kappa shape index (κ1) is 7.70. The second-order valence-electron chi connectivity index (χ2n) is 6.57. The normalized spacial score (nSPS) is 66.7. The Kier molecular flexibility index (Phi) is 1.16. The van der Waals surface area contributed by atoms with E-state index in [1.165, 1.54) is 12.8 Å². The fourth-order valence-electron chi connectivity index (χ4n) is 6.22. The molecular formula is C15H18. The molecule has 5 aliphatic rings. The molecule has 0 N–H and O–H groups in total. The molecule has 0 aromatic rings. The van der Waals surface area contributed by atoms with Crippen molar-refractivity contribution in [2.45, 2.75) is 19.3 Å². The van der Waals surface area contributed by atoms with E-state index in [0.29, 0.717) is 0 Å². The summed E-state index contributed by atoms with van der Waals surface area (Å²) in [6.07, 6.45) is 14.7. The third kappa shape index (κ3) is 0.697. The van der Waals surface area contributed by atoms with Crippen LogP contribution in [0.15, 0.2) is 24.3 Å². The lowest BCUT2D eigenvalue weighted by molar-refractivity contribution is 0.121. The Morgan fingerprint density at radius 2 is 1.53 bits per heavy atom. The molecule has 4 bridgehead atoms. The fraction of sp³-hybridized carbons (Fsp3) is 0.733. The van der Waals surface area contributed by atoms with Crippen LogP contribution in [-0.4, -0.2) is 0 Å². The summed E-state index contributed by atoms with van der Waals surface area (Å²) < 4.78 is 0. The van der Waals surface area contributed by atoms with Crippen molar-refractivity contribution < 1.29 is 0 Å². The number of fused-ring (bicyclic) bond motifs is 12. The van der Waals surface area contributed by atoms with E-state index in [1.54, 1.807) is 6.42 Å². The van der Waals surface area contributed by atoms with Gasteiger partial charge in [0.2, 0.25) is 0 Å². The molecule has 0 nitrogen and oxygen atoms in total. The topological polar surface area (TPSA) is 0 Å². The Bertz CT molecular complexity index is 377. The molecule has 0 heteroatoms. The van der Waals surface area contributed by atoms with E-state index in [2.05, 4.69) is 24.3 Å². The maximum absolute atomic E-state index is 2.57. The van der Waals surface area contributed by atoms with Crippen molar-refractivity contribution in [2.24, 2.45) is 47.3 Å². The molecule has 5 rings (SSSR count). The lowest BCUT2D eigenvalue weighted by atomic mass is 9.66. The second-order valence-corrected chi connectivity index (χ2v) is 6.57. The van der Waals surface area contributed by atoms with Crippen LogP contribution in [0, 0.1) is 47.3 Å². The lowest BCUT2D eigenvalue weighted by Crippen LogP contribution is -2.34. The van der Waals surface area contributed by atoms with E-state index in [9.17, 15) is 0 Å². The SMILES string of the molecule is C1=C[C@@H]2[C@H](C1)[C@H]1C[C@@H]2[C@H]2[C@@H]1[C@@H]1C=C[C@H]2C1. The van der Waals surface area contributed by atoms with E-state index in [0.717, 1.165) is 47.3 Å². The third-order valence-corrected chi connectivity index (χ3v) is 6.42. The van der Waals surface area contributed by atoms with Crippen molar-refractivity contribution in [2.75, 3.05) is 0 Å². The maximum atomic E-state index is 2.57. The van der Waals surface area contributed by atoms with Gasteiger partial charge >= 0.3 is 0 Å². The standard InChI is InChI=1S/C15H18/c1-2-10-11(3-1)13-7-12(10)14-8-4-5-9(6-8)15(13)14/h1-2,4-5,8-15H,3,6-7H2/t8-,9+,10+,11-,12-,13+,14-,15+/m0/s1. The van der Waals surface area contributed by atoms with E-state index >= 15 is 0 Å². The average Bonchev–Trinajstić information content (AvgIpc) is 3.03. The van der Waals surface area contributed by atoms with E-state index in [4.69, 9.17) is 0 Å². The van der Waals surface area contributed by atoms with Gasteiger partial charge in [-0.1, -0.05) is 24.3 Å². The van der Waals surface area contributed by atoms with Gasteiger partial charge in [0, 0.05) is 0 Å². The van der Waals surface area contributed by atoms with Crippen LogP contribution in [-0.2, 0) is 0 Å². The van der Waals surface area contributed by atoms with Crippen molar-refractivity contribution in [3.63, 3.8) is 0 Å². The number of rotatable bonds is 0. The molecule has 0 aliphatic heterocycles. The minimum absolute atomic E-state index is 0.991. The molecule has 0 aromatic heterocycles. The van der Waals surface area contributed by atoms with Crippen LogP contribution in [0.25, 0.3) is 0 Å². The Morgan fingerprint density at radius 3 is 2.40 bits per heavy atom. The minimum atomic E-state index is 0.991. The Balaban J connectivity index is 1.63. The predicted octanol–water partition coefficient (Wildman–Crippen LogP) is 3.27. The summed E-state index contributed by atoms with van der Waals surface area (Å²) in [6.45, 7) is 0. The molecule has 0 amide bonds. The summed E-state index contributed by atoms with van der Waals surface area (Å²) in [7, 11) is 0. The van der Waals surface area contributed by atoms with Gasteiger partial charge in [0.05, 0.1) is 0 Å². The van der Waals surface area contributed by atoms with Crippen LogP contribution >= 0.6 is 0 Å². The summed E-state index contributed by atoms with van der Waals surface area (Å²) in [6, 6.07) is 0. The molecule has 78 valence electrons. The lowest BCUT2D eigenvalue weighted by Gasteiger charge is -2.38. The summed E-state index contributed by atoms with van der Waals surface area (Å²) in [5.74, 6) is 8.48. The zero-order valence-corrected chi connectivity index (χ0v) is 9.05. The number of allylic oxidation sites excluding steroid dienone is 4. The van der Waals surface area contributed by atoms with Crippen LogP contribution in [0.1, 0.15) is 19.3 Å². The van der Waals surface area contributed by atoms with E-state index in [1.807, 2.05) is 0 Å². The van der Waals surface area contributed by atoms with Gasteiger partial charge in [-0.25, -0.2) is 0 Å². The van der Waals surface area contributed by atoms with E-state index in [-0.39, 0.29) is 0 Å². The monoisotopic (exact) mass is 198 g/mol. The predicted molar refractivity (Wildman–Crippen MR) is 60.1 cm³/mol. The molecule has 0 heterocycles. The number of hydrogen-bond donors (Lipinski definition) is 0. The van der Waals surface area contributed by atoms with Crippen LogP contribution in [0.4, 0.5) is 0 Å². The van der Waals surface area contributed by atoms with Crippen LogP contribution in [0.2, 0.25) is 0 Å². The second kappa shape index (κ2) is 2.26. The van der Waals surface area contributed by atoms with Crippen LogP contribution in [0.3, 0.4) is 0 Å². The molecule has 3 saturated carbocycles. The molecular weight excluding hydrogens is 180 g/mol. The molecule has 3 fully saturated rings.